The zero-order valence-corrected chi connectivity index (χ0v) is 12.7. The molecule has 3 aromatic rings. The number of carbonyl (C=O) groups is 1. The van der Waals surface area contributed by atoms with Gasteiger partial charge in [0.15, 0.2) is 0 Å². The van der Waals surface area contributed by atoms with Crippen LogP contribution in [0.15, 0.2) is 48.8 Å². The topological polar surface area (TPSA) is 67.0 Å². The third-order valence-corrected chi connectivity index (χ3v) is 4.44. The van der Waals surface area contributed by atoms with Crippen molar-refractivity contribution < 1.29 is 9.53 Å². The Morgan fingerprint density at radius 2 is 2.00 bits per heavy atom. The number of esters is 1. The monoisotopic (exact) mass is 307 g/mol. The van der Waals surface area contributed by atoms with Gasteiger partial charge in [0.05, 0.1) is 13.2 Å². The molecular formula is C18H17N3O2. The highest BCUT2D eigenvalue weighted by molar-refractivity contribution is 5.87. The van der Waals surface area contributed by atoms with Gasteiger partial charge in [-0.15, -0.1) is 0 Å². The van der Waals surface area contributed by atoms with E-state index in [1.54, 1.807) is 12.4 Å². The maximum absolute atomic E-state index is 12.1. The highest BCUT2D eigenvalue weighted by Gasteiger charge is 2.34. The summed E-state index contributed by atoms with van der Waals surface area (Å²) in [5, 5.41) is 4.57. The van der Waals surface area contributed by atoms with Crippen LogP contribution in [0, 0.1) is 0 Å². The number of para-hydroxylation sites is 1. The summed E-state index contributed by atoms with van der Waals surface area (Å²) < 4.78 is 4.95. The summed E-state index contributed by atoms with van der Waals surface area (Å²) in [4.78, 5) is 19.7. The minimum Gasteiger partial charge on any atom is -0.468 e. The number of benzene rings is 1. The molecule has 0 saturated heterocycles. The number of pyridine rings is 1. The number of hydrogen-bond donors (Lipinski definition) is 2. The molecule has 2 aromatic heterocycles. The molecule has 0 bridgehead atoms. The fourth-order valence-electron chi connectivity index (χ4n) is 3.35. The number of fused-ring (bicyclic) bond motifs is 3. The van der Waals surface area contributed by atoms with Crippen LogP contribution in [-0.4, -0.2) is 29.1 Å². The van der Waals surface area contributed by atoms with Gasteiger partial charge < -0.3 is 9.72 Å². The number of H-pyrrole nitrogens is 1. The second-order valence-electron chi connectivity index (χ2n) is 5.72. The quantitative estimate of drug-likeness (QED) is 0.713. The molecule has 0 spiro atoms. The Balaban J connectivity index is 1.88. The lowest BCUT2D eigenvalue weighted by molar-refractivity contribution is -0.143. The molecule has 116 valence electrons. The molecule has 1 aromatic carbocycles. The predicted molar refractivity (Wildman–Crippen MR) is 87.0 cm³/mol. The van der Waals surface area contributed by atoms with E-state index in [0.717, 1.165) is 22.2 Å². The average molecular weight is 307 g/mol. The Kier molecular flexibility index (Phi) is 3.35. The summed E-state index contributed by atoms with van der Waals surface area (Å²) in [6, 6.07) is 11.7. The van der Waals surface area contributed by atoms with E-state index in [1.807, 2.05) is 24.3 Å². The van der Waals surface area contributed by atoms with Crippen molar-refractivity contribution in [3.8, 4) is 0 Å². The van der Waals surface area contributed by atoms with Crippen molar-refractivity contribution in [3.05, 3.63) is 65.6 Å². The van der Waals surface area contributed by atoms with E-state index in [9.17, 15) is 4.79 Å². The molecule has 0 amide bonds. The number of hydrogen-bond acceptors (Lipinski definition) is 4. The molecular weight excluding hydrogens is 290 g/mol. The van der Waals surface area contributed by atoms with Crippen molar-refractivity contribution >= 4 is 16.9 Å². The molecule has 1 aliphatic rings. The van der Waals surface area contributed by atoms with Crippen LogP contribution < -0.4 is 5.32 Å². The van der Waals surface area contributed by atoms with Crippen LogP contribution in [0.5, 0.6) is 0 Å². The molecule has 3 heterocycles. The highest BCUT2D eigenvalue weighted by atomic mass is 16.5. The molecule has 0 unspecified atom stereocenters. The minimum absolute atomic E-state index is 0.0850. The summed E-state index contributed by atoms with van der Waals surface area (Å²) in [7, 11) is 1.43. The Labute approximate surface area is 133 Å². The number of aromatic nitrogens is 2. The second-order valence-corrected chi connectivity index (χ2v) is 5.72. The minimum atomic E-state index is -0.357. The van der Waals surface area contributed by atoms with E-state index in [-0.39, 0.29) is 18.1 Å². The van der Waals surface area contributed by atoms with Crippen molar-refractivity contribution in [2.45, 2.75) is 18.5 Å². The standard InChI is InChI=1S/C18H17N3O2/c1-23-18(22)15-10-13-12-4-2-3-5-14(12)20-17(13)16(21-15)11-6-8-19-9-7-11/h2-9,15-16,20-21H,10H2,1H3/t15-,16-/m1/s1. The number of nitrogens with zero attached hydrogens (tertiary/aromatic N) is 1. The van der Waals surface area contributed by atoms with Gasteiger partial charge in [0.25, 0.3) is 0 Å². The Hall–Kier alpha value is -2.66. The number of methoxy groups -OCH3 is 1. The zero-order valence-electron chi connectivity index (χ0n) is 12.7. The van der Waals surface area contributed by atoms with Gasteiger partial charge in [-0.05, 0) is 29.3 Å². The van der Waals surface area contributed by atoms with E-state index in [1.165, 1.54) is 12.7 Å². The van der Waals surface area contributed by atoms with Crippen molar-refractivity contribution in [2.24, 2.45) is 0 Å². The molecule has 2 N–H and O–H groups in total. The van der Waals surface area contributed by atoms with E-state index >= 15 is 0 Å². The summed E-state index contributed by atoms with van der Waals surface area (Å²) in [6.07, 6.45) is 4.15. The van der Waals surface area contributed by atoms with Crippen LogP contribution in [0.3, 0.4) is 0 Å². The summed E-state index contributed by atoms with van der Waals surface area (Å²) in [5.41, 5.74) is 4.44. The SMILES string of the molecule is COC(=O)[C@H]1Cc2c([nH]c3ccccc23)[C@@H](c2ccncc2)N1. The van der Waals surface area contributed by atoms with Gasteiger partial charge in [0.1, 0.15) is 6.04 Å². The van der Waals surface area contributed by atoms with Crippen molar-refractivity contribution in [1.29, 1.82) is 0 Å². The van der Waals surface area contributed by atoms with Crippen molar-refractivity contribution in [3.63, 3.8) is 0 Å². The van der Waals surface area contributed by atoms with Gasteiger partial charge >= 0.3 is 5.97 Å². The predicted octanol–water partition coefficient (Wildman–Crippen LogP) is 2.34. The number of aromatic amines is 1. The molecule has 5 nitrogen and oxygen atoms in total. The van der Waals surface area contributed by atoms with Gasteiger partial charge in [-0.3, -0.25) is 15.1 Å². The molecule has 2 atom stereocenters. The van der Waals surface area contributed by atoms with E-state index in [0.29, 0.717) is 6.42 Å². The van der Waals surface area contributed by atoms with Gasteiger partial charge in [-0.25, -0.2) is 0 Å². The molecule has 0 saturated carbocycles. The van der Waals surface area contributed by atoms with Crippen LogP contribution in [0.4, 0.5) is 0 Å². The Morgan fingerprint density at radius 1 is 1.22 bits per heavy atom. The highest BCUT2D eigenvalue weighted by Crippen LogP contribution is 2.35. The van der Waals surface area contributed by atoms with Crippen molar-refractivity contribution in [2.75, 3.05) is 7.11 Å². The van der Waals surface area contributed by atoms with Gasteiger partial charge in [0.2, 0.25) is 0 Å². The lowest BCUT2D eigenvalue weighted by Gasteiger charge is -2.30. The maximum atomic E-state index is 12.1. The largest absolute Gasteiger partial charge is 0.468 e. The van der Waals surface area contributed by atoms with Gasteiger partial charge in [-0.2, -0.15) is 0 Å². The summed E-state index contributed by atoms with van der Waals surface area (Å²) in [5.74, 6) is -0.236. The van der Waals surface area contributed by atoms with Gasteiger partial charge in [-0.1, -0.05) is 18.2 Å². The lowest BCUT2D eigenvalue weighted by atomic mass is 9.91. The summed E-state index contributed by atoms with van der Waals surface area (Å²) in [6.45, 7) is 0. The third-order valence-electron chi connectivity index (χ3n) is 4.44. The second kappa shape index (κ2) is 5.52. The van der Waals surface area contributed by atoms with Crippen LogP contribution >= 0.6 is 0 Å². The molecule has 23 heavy (non-hydrogen) atoms. The van der Waals surface area contributed by atoms with E-state index in [4.69, 9.17) is 4.74 Å². The first-order valence-electron chi connectivity index (χ1n) is 7.61. The first-order valence-corrected chi connectivity index (χ1v) is 7.61. The third kappa shape index (κ3) is 2.29. The average Bonchev–Trinajstić information content (AvgIpc) is 2.99. The normalized spacial score (nSPS) is 20.2. The Bertz CT molecular complexity index is 857. The summed E-state index contributed by atoms with van der Waals surface area (Å²) >= 11 is 0. The van der Waals surface area contributed by atoms with E-state index < -0.39 is 0 Å². The van der Waals surface area contributed by atoms with Crippen LogP contribution in [0.1, 0.15) is 22.9 Å². The number of ether oxygens (including phenoxy) is 1. The smallest absolute Gasteiger partial charge is 0.323 e. The number of nitrogens with one attached hydrogen (secondary N) is 2. The Morgan fingerprint density at radius 3 is 2.78 bits per heavy atom. The molecule has 4 rings (SSSR count). The van der Waals surface area contributed by atoms with Crippen LogP contribution in [-0.2, 0) is 16.0 Å². The van der Waals surface area contributed by atoms with Crippen LogP contribution in [0.25, 0.3) is 10.9 Å². The molecule has 5 heteroatoms. The fraction of sp³-hybridized carbons (Fsp3) is 0.222. The maximum Gasteiger partial charge on any atom is 0.323 e. The lowest BCUT2D eigenvalue weighted by Crippen LogP contribution is -2.45. The van der Waals surface area contributed by atoms with Crippen LogP contribution in [0.2, 0.25) is 0 Å². The first-order chi connectivity index (χ1) is 11.3. The zero-order chi connectivity index (χ0) is 15.8. The number of carbonyl (C=O) groups excluding carboxylic acids is 1. The molecule has 1 aliphatic heterocycles. The molecule has 0 radical (unpaired) electrons. The molecule has 0 aliphatic carbocycles. The van der Waals surface area contributed by atoms with Crippen molar-refractivity contribution in [1.82, 2.24) is 15.3 Å². The first kappa shape index (κ1) is 14.0. The van der Waals surface area contributed by atoms with E-state index in [2.05, 4.69) is 27.4 Å². The number of rotatable bonds is 2. The fourth-order valence-corrected chi connectivity index (χ4v) is 3.35. The molecule has 0 fully saturated rings. The van der Waals surface area contributed by atoms with Gasteiger partial charge in [0, 0.05) is 35.4 Å².